The molecular formula is C19H25FN2O2. The van der Waals surface area contributed by atoms with E-state index in [9.17, 15) is 14.0 Å². The number of nitrogens with one attached hydrogen (secondary N) is 1. The standard InChI is InChI=1S/C19H25FN2O2/c1-15(23)22(12-11-16-5-3-2-4-6-16)14-19(24)21-13-17-7-9-18(20)10-8-17/h5,7-10H,2-4,6,11-14H2,1H3,(H,21,24). The van der Waals surface area contributed by atoms with Gasteiger partial charge < -0.3 is 10.2 Å². The van der Waals surface area contributed by atoms with Crippen molar-refractivity contribution in [3.63, 3.8) is 0 Å². The molecule has 1 aliphatic carbocycles. The Hall–Kier alpha value is -2.17. The molecule has 130 valence electrons. The zero-order valence-electron chi connectivity index (χ0n) is 14.2. The van der Waals surface area contributed by atoms with Crippen LogP contribution in [0.3, 0.4) is 0 Å². The molecule has 24 heavy (non-hydrogen) atoms. The Balaban J connectivity index is 1.78. The van der Waals surface area contributed by atoms with Crippen LogP contribution in [0.2, 0.25) is 0 Å². The van der Waals surface area contributed by atoms with Crippen molar-refractivity contribution in [3.05, 3.63) is 47.3 Å². The summed E-state index contributed by atoms with van der Waals surface area (Å²) in [5.74, 6) is -0.597. The average molecular weight is 332 g/mol. The van der Waals surface area contributed by atoms with Gasteiger partial charge in [0.25, 0.3) is 0 Å². The van der Waals surface area contributed by atoms with Crippen LogP contribution in [0.1, 0.15) is 44.6 Å². The van der Waals surface area contributed by atoms with Crippen molar-refractivity contribution >= 4 is 11.8 Å². The second-order valence-corrected chi connectivity index (χ2v) is 6.20. The summed E-state index contributed by atoms with van der Waals surface area (Å²) < 4.78 is 12.8. The van der Waals surface area contributed by atoms with Crippen molar-refractivity contribution in [1.29, 1.82) is 0 Å². The van der Waals surface area contributed by atoms with Crippen LogP contribution in [0.25, 0.3) is 0 Å². The second-order valence-electron chi connectivity index (χ2n) is 6.20. The molecule has 0 fully saturated rings. The summed E-state index contributed by atoms with van der Waals surface area (Å²) in [7, 11) is 0. The highest BCUT2D eigenvalue weighted by Gasteiger charge is 2.14. The van der Waals surface area contributed by atoms with E-state index in [-0.39, 0.29) is 24.2 Å². The number of carbonyl (C=O) groups is 2. The van der Waals surface area contributed by atoms with Gasteiger partial charge in [0.15, 0.2) is 0 Å². The van der Waals surface area contributed by atoms with Crippen LogP contribution < -0.4 is 5.32 Å². The van der Waals surface area contributed by atoms with E-state index in [0.29, 0.717) is 13.1 Å². The van der Waals surface area contributed by atoms with Gasteiger partial charge in [-0.2, -0.15) is 0 Å². The molecule has 1 aromatic rings. The molecule has 1 aromatic carbocycles. The molecule has 1 aliphatic rings. The van der Waals surface area contributed by atoms with Crippen LogP contribution in [-0.4, -0.2) is 29.8 Å². The number of hydrogen-bond donors (Lipinski definition) is 1. The van der Waals surface area contributed by atoms with Gasteiger partial charge in [0.1, 0.15) is 5.82 Å². The lowest BCUT2D eigenvalue weighted by Crippen LogP contribution is -2.40. The van der Waals surface area contributed by atoms with Crippen molar-refractivity contribution < 1.29 is 14.0 Å². The minimum Gasteiger partial charge on any atom is -0.350 e. The Labute approximate surface area is 142 Å². The van der Waals surface area contributed by atoms with E-state index in [0.717, 1.165) is 24.8 Å². The van der Waals surface area contributed by atoms with Crippen molar-refractivity contribution in [2.75, 3.05) is 13.1 Å². The molecule has 0 atom stereocenters. The highest BCUT2D eigenvalue weighted by atomic mass is 19.1. The maximum atomic E-state index is 12.8. The number of nitrogens with zero attached hydrogens (tertiary/aromatic N) is 1. The van der Waals surface area contributed by atoms with Crippen LogP contribution in [0.5, 0.6) is 0 Å². The third kappa shape index (κ3) is 6.14. The molecule has 0 heterocycles. The number of halogens is 1. The van der Waals surface area contributed by atoms with Gasteiger partial charge in [0.05, 0.1) is 6.54 Å². The Morgan fingerprint density at radius 2 is 1.96 bits per heavy atom. The fraction of sp³-hybridized carbons (Fsp3) is 0.474. The Kier molecular flexibility index (Phi) is 6.97. The smallest absolute Gasteiger partial charge is 0.239 e. The molecule has 0 aliphatic heterocycles. The summed E-state index contributed by atoms with van der Waals surface area (Å²) in [4.78, 5) is 25.4. The topological polar surface area (TPSA) is 49.4 Å². The normalized spacial score (nSPS) is 14.0. The average Bonchev–Trinajstić information content (AvgIpc) is 2.58. The lowest BCUT2D eigenvalue weighted by atomic mass is 9.97. The minimum absolute atomic E-state index is 0.0593. The molecule has 4 nitrogen and oxygen atoms in total. The van der Waals surface area contributed by atoms with Gasteiger partial charge in [0, 0.05) is 20.0 Å². The lowest BCUT2D eigenvalue weighted by molar-refractivity contribution is -0.134. The molecular weight excluding hydrogens is 307 g/mol. The van der Waals surface area contributed by atoms with E-state index >= 15 is 0 Å². The molecule has 0 saturated carbocycles. The molecule has 0 spiro atoms. The summed E-state index contributed by atoms with van der Waals surface area (Å²) >= 11 is 0. The molecule has 0 radical (unpaired) electrons. The Morgan fingerprint density at radius 1 is 1.21 bits per heavy atom. The molecule has 2 rings (SSSR count). The van der Waals surface area contributed by atoms with Gasteiger partial charge >= 0.3 is 0 Å². The maximum Gasteiger partial charge on any atom is 0.239 e. The maximum absolute atomic E-state index is 12.8. The molecule has 2 amide bonds. The number of rotatable bonds is 7. The predicted octanol–water partition coefficient (Wildman–Crippen LogP) is 3.18. The number of allylic oxidation sites excluding steroid dienone is 1. The molecule has 5 heteroatoms. The van der Waals surface area contributed by atoms with E-state index < -0.39 is 0 Å². The summed E-state index contributed by atoms with van der Waals surface area (Å²) in [6.07, 6.45) is 7.77. The molecule has 0 aromatic heterocycles. The van der Waals surface area contributed by atoms with Gasteiger partial charge in [-0.15, -0.1) is 0 Å². The first-order valence-electron chi connectivity index (χ1n) is 8.49. The van der Waals surface area contributed by atoms with Crippen LogP contribution >= 0.6 is 0 Å². The van der Waals surface area contributed by atoms with Crippen molar-refractivity contribution in [3.8, 4) is 0 Å². The first-order chi connectivity index (χ1) is 11.5. The van der Waals surface area contributed by atoms with E-state index in [2.05, 4.69) is 11.4 Å². The fourth-order valence-corrected chi connectivity index (χ4v) is 2.79. The summed E-state index contributed by atoms with van der Waals surface area (Å²) in [5, 5.41) is 2.77. The number of carbonyl (C=O) groups excluding carboxylic acids is 2. The molecule has 0 bridgehead atoms. The van der Waals surface area contributed by atoms with E-state index in [1.165, 1.54) is 37.5 Å². The minimum atomic E-state index is -0.301. The van der Waals surface area contributed by atoms with Crippen LogP contribution in [0, 0.1) is 5.82 Å². The first kappa shape index (κ1) is 18.2. The highest BCUT2D eigenvalue weighted by molar-refractivity contribution is 5.83. The quantitative estimate of drug-likeness (QED) is 0.780. The predicted molar refractivity (Wildman–Crippen MR) is 91.7 cm³/mol. The highest BCUT2D eigenvalue weighted by Crippen LogP contribution is 2.20. The van der Waals surface area contributed by atoms with Crippen LogP contribution in [0.15, 0.2) is 35.9 Å². The summed E-state index contributed by atoms with van der Waals surface area (Å²) in [6.45, 7) is 2.45. The number of hydrogen-bond acceptors (Lipinski definition) is 2. The fourth-order valence-electron chi connectivity index (χ4n) is 2.79. The SMILES string of the molecule is CC(=O)N(CCC1=CCCCC1)CC(=O)NCc1ccc(F)cc1. The zero-order valence-corrected chi connectivity index (χ0v) is 14.2. The second kappa shape index (κ2) is 9.21. The van der Waals surface area contributed by atoms with Crippen molar-refractivity contribution in [2.24, 2.45) is 0 Å². The van der Waals surface area contributed by atoms with Gasteiger partial charge in [-0.05, 0) is 49.8 Å². The van der Waals surface area contributed by atoms with Crippen LogP contribution in [-0.2, 0) is 16.1 Å². The van der Waals surface area contributed by atoms with Gasteiger partial charge in [-0.3, -0.25) is 9.59 Å². The zero-order chi connectivity index (χ0) is 17.4. The van der Waals surface area contributed by atoms with E-state index in [1.807, 2.05) is 0 Å². The van der Waals surface area contributed by atoms with E-state index in [1.54, 1.807) is 17.0 Å². The first-order valence-corrected chi connectivity index (χ1v) is 8.49. The molecule has 0 unspecified atom stereocenters. The monoisotopic (exact) mass is 332 g/mol. The summed E-state index contributed by atoms with van der Waals surface area (Å²) in [5.41, 5.74) is 2.21. The number of amides is 2. The largest absolute Gasteiger partial charge is 0.350 e. The van der Waals surface area contributed by atoms with Gasteiger partial charge in [-0.1, -0.05) is 23.8 Å². The summed E-state index contributed by atoms with van der Waals surface area (Å²) in [6, 6.07) is 5.99. The molecule has 0 saturated heterocycles. The Bertz CT molecular complexity index is 596. The molecule has 1 N–H and O–H groups in total. The van der Waals surface area contributed by atoms with E-state index in [4.69, 9.17) is 0 Å². The van der Waals surface area contributed by atoms with Crippen molar-refractivity contribution in [2.45, 2.75) is 45.6 Å². The Morgan fingerprint density at radius 3 is 2.58 bits per heavy atom. The number of benzene rings is 1. The van der Waals surface area contributed by atoms with Crippen molar-refractivity contribution in [1.82, 2.24) is 10.2 Å². The van der Waals surface area contributed by atoms with Gasteiger partial charge in [-0.25, -0.2) is 4.39 Å². The third-order valence-corrected chi connectivity index (χ3v) is 4.27. The van der Waals surface area contributed by atoms with Crippen LogP contribution in [0.4, 0.5) is 4.39 Å². The lowest BCUT2D eigenvalue weighted by Gasteiger charge is -2.22. The van der Waals surface area contributed by atoms with Gasteiger partial charge in [0.2, 0.25) is 11.8 Å². The third-order valence-electron chi connectivity index (χ3n) is 4.27.